The first kappa shape index (κ1) is 15.8. The molecule has 1 aromatic carbocycles. The molecule has 0 radical (unpaired) electrons. The summed E-state index contributed by atoms with van der Waals surface area (Å²) in [6, 6.07) is 5.95. The fourth-order valence-electron chi connectivity index (χ4n) is 2.72. The topological polar surface area (TPSA) is 49.8 Å². The van der Waals surface area contributed by atoms with Crippen LogP contribution >= 0.6 is 0 Å². The van der Waals surface area contributed by atoms with Gasteiger partial charge in [-0.1, -0.05) is 6.07 Å². The molecule has 1 N–H and O–H groups in total. The van der Waals surface area contributed by atoms with Gasteiger partial charge in [0, 0.05) is 6.54 Å². The Hall–Kier alpha value is -1.55. The number of carbonyl (C=O) groups is 1. The highest BCUT2D eigenvalue weighted by molar-refractivity contribution is 5.76. The lowest BCUT2D eigenvalue weighted by atomic mass is 10.0. The second kappa shape index (κ2) is 7.46. The third kappa shape index (κ3) is 4.21. The normalized spacial score (nSPS) is 18.6. The maximum atomic E-state index is 12.2. The molecule has 1 atom stereocenters. The van der Waals surface area contributed by atoms with E-state index in [-0.39, 0.29) is 18.6 Å². The molecule has 0 aliphatic carbocycles. The molecular formula is C17H25NO3. The zero-order valence-electron chi connectivity index (χ0n) is 13.0. The zero-order valence-corrected chi connectivity index (χ0v) is 13.0. The Morgan fingerprint density at radius 2 is 2.14 bits per heavy atom. The molecule has 116 valence electrons. The van der Waals surface area contributed by atoms with E-state index in [9.17, 15) is 9.90 Å². The SMILES string of the molecule is Cc1ccc(OCCC(=O)N2CCCCC2CO)cc1C. The van der Waals surface area contributed by atoms with Gasteiger partial charge in [0.15, 0.2) is 0 Å². The number of aliphatic hydroxyl groups is 1. The molecule has 0 spiro atoms. The number of nitrogens with zero attached hydrogens (tertiary/aromatic N) is 1. The summed E-state index contributed by atoms with van der Waals surface area (Å²) in [6.45, 7) is 5.31. The number of aryl methyl sites for hydroxylation is 2. The average Bonchev–Trinajstić information content (AvgIpc) is 2.50. The summed E-state index contributed by atoms with van der Waals surface area (Å²) >= 11 is 0. The van der Waals surface area contributed by atoms with E-state index in [0.717, 1.165) is 31.6 Å². The summed E-state index contributed by atoms with van der Waals surface area (Å²) in [5.74, 6) is 0.890. The third-order valence-corrected chi connectivity index (χ3v) is 4.22. The summed E-state index contributed by atoms with van der Waals surface area (Å²) in [7, 11) is 0. The van der Waals surface area contributed by atoms with Crippen LogP contribution in [0.25, 0.3) is 0 Å². The van der Waals surface area contributed by atoms with Gasteiger partial charge < -0.3 is 14.7 Å². The van der Waals surface area contributed by atoms with Gasteiger partial charge in [-0.3, -0.25) is 4.79 Å². The van der Waals surface area contributed by atoms with Crippen molar-refractivity contribution in [3.05, 3.63) is 29.3 Å². The highest BCUT2D eigenvalue weighted by Crippen LogP contribution is 2.19. The lowest BCUT2D eigenvalue weighted by Crippen LogP contribution is -2.46. The third-order valence-electron chi connectivity index (χ3n) is 4.22. The maximum Gasteiger partial charge on any atom is 0.226 e. The number of piperidine rings is 1. The predicted molar refractivity (Wildman–Crippen MR) is 82.5 cm³/mol. The molecule has 1 fully saturated rings. The number of hydrogen-bond acceptors (Lipinski definition) is 3. The van der Waals surface area contributed by atoms with E-state index in [1.807, 2.05) is 30.0 Å². The molecule has 4 heteroatoms. The predicted octanol–water partition coefficient (Wildman–Crippen LogP) is 2.45. The Balaban J connectivity index is 1.82. The van der Waals surface area contributed by atoms with Crippen LogP contribution in [0.3, 0.4) is 0 Å². The number of hydrogen-bond donors (Lipinski definition) is 1. The highest BCUT2D eigenvalue weighted by Gasteiger charge is 2.25. The molecule has 1 unspecified atom stereocenters. The van der Waals surface area contributed by atoms with E-state index in [4.69, 9.17) is 4.74 Å². The van der Waals surface area contributed by atoms with Gasteiger partial charge in [-0.05, 0) is 56.4 Å². The molecule has 1 aliphatic rings. The smallest absolute Gasteiger partial charge is 0.226 e. The van der Waals surface area contributed by atoms with Crippen LogP contribution in [0, 0.1) is 13.8 Å². The van der Waals surface area contributed by atoms with Crippen molar-refractivity contribution >= 4 is 5.91 Å². The minimum atomic E-state index is -0.00660. The summed E-state index contributed by atoms with van der Waals surface area (Å²) in [5, 5.41) is 9.35. The highest BCUT2D eigenvalue weighted by atomic mass is 16.5. The van der Waals surface area contributed by atoms with Crippen LogP contribution in [0.5, 0.6) is 5.75 Å². The lowest BCUT2D eigenvalue weighted by Gasteiger charge is -2.34. The van der Waals surface area contributed by atoms with E-state index in [0.29, 0.717) is 13.0 Å². The first-order valence-electron chi connectivity index (χ1n) is 7.72. The first-order chi connectivity index (χ1) is 10.1. The van der Waals surface area contributed by atoms with Crippen molar-refractivity contribution in [3.63, 3.8) is 0 Å². The van der Waals surface area contributed by atoms with E-state index >= 15 is 0 Å². The fourth-order valence-corrected chi connectivity index (χ4v) is 2.72. The van der Waals surface area contributed by atoms with Gasteiger partial charge in [0.25, 0.3) is 0 Å². The summed E-state index contributed by atoms with van der Waals surface area (Å²) in [6.07, 6.45) is 3.39. The van der Waals surface area contributed by atoms with E-state index in [1.165, 1.54) is 11.1 Å². The van der Waals surface area contributed by atoms with Gasteiger partial charge in [0.1, 0.15) is 5.75 Å². The van der Waals surface area contributed by atoms with E-state index < -0.39 is 0 Å². The minimum Gasteiger partial charge on any atom is -0.493 e. The van der Waals surface area contributed by atoms with Crippen molar-refractivity contribution in [1.82, 2.24) is 4.90 Å². The number of amides is 1. The molecule has 1 saturated heterocycles. The molecule has 1 heterocycles. The Kier molecular flexibility index (Phi) is 5.62. The molecule has 0 saturated carbocycles. The average molecular weight is 291 g/mol. The van der Waals surface area contributed by atoms with Crippen LogP contribution in [0.1, 0.15) is 36.8 Å². The number of aliphatic hydroxyl groups excluding tert-OH is 1. The van der Waals surface area contributed by atoms with Gasteiger partial charge in [0.05, 0.1) is 25.7 Å². The number of carbonyl (C=O) groups excluding carboxylic acids is 1. The Labute approximate surface area is 126 Å². The standard InChI is InChI=1S/C17H25NO3/c1-13-6-7-16(11-14(13)2)21-10-8-17(20)18-9-4-3-5-15(18)12-19/h6-7,11,15,19H,3-5,8-10,12H2,1-2H3. The van der Waals surface area contributed by atoms with Gasteiger partial charge in [0.2, 0.25) is 5.91 Å². The van der Waals surface area contributed by atoms with Gasteiger partial charge in [-0.2, -0.15) is 0 Å². The molecule has 4 nitrogen and oxygen atoms in total. The minimum absolute atomic E-state index is 0.00660. The number of benzene rings is 1. The van der Waals surface area contributed by atoms with Crippen molar-refractivity contribution in [2.75, 3.05) is 19.8 Å². The van der Waals surface area contributed by atoms with Crippen molar-refractivity contribution < 1.29 is 14.6 Å². The number of ether oxygens (including phenoxy) is 1. The zero-order chi connectivity index (χ0) is 15.2. The monoisotopic (exact) mass is 291 g/mol. The van der Waals surface area contributed by atoms with Crippen molar-refractivity contribution in [1.29, 1.82) is 0 Å². The summed E-state index contributed by atoms with van der Waals surface area (Å²) < 4.78 is 5.66. The summed E-state index contributed by atoms with van der Waals surface area (Å²) in [5.41, 5.74) is 2.42. The summed E-state index contributed by atoms with van der Waals surface area (Å²) in [4.78, 5) is 14.0. The Morgan fingerprint density at radius 3 is 2.86 bits per heavy atom. The van der Waals surface area contributed by atoms with Crippen LogP contribution < -0.4 is 4.74 Å². The first-order valence-corrected chi connectivity index (χ1v) is 7.72. The largest absolute Gasteiger partial charge is 0.493 e. The molecule has 21 heavy (non-hydrogen) atoms. The molecular weight excluding hydrogens is 266 g/mol. The number of rotatable bonds is 5. The molecule has 1 amide bonds. The van der Waals surface area contributed by atoms with Crippen molar-refractivity contribution in [3.8, 4) is 5.75 Å². The van der Waals surface area contributed by atoms with Crippen molar-refractivity contribution in [2.24, 2.45) is 0 Å². The van der Waals surface area contributed by atoms with Crippen LogP contribution in [-0.4, -0.2) is 41.7 Å². The fraction of sp³-hybridized carbons (Fsp3) is 0.588. The maximum absolute atomic E-state index is 12.2. The Morgan fingerprint density at radius 1 is 1.33 bits per heavy atom. The van der Waals surface area contributed by atoms with Crippen LogP contribution in [0.2, 0.25) is 0 Å². The second-order valence-corrected chi connectivity index (χ2v) is 5.76. The van der Waals surface area contributed by atoms with E-state index in [2.05, 4.69) is 6.92 Å². The lowest BCUT2D eigenvalue weighted by molar-refractivity contribution is -0.136. The molecule has 0 aromatic heterocycles. The van der Waals surface area contributed by atoms with Gasteiger partial charge in [-0.25, -0.2) is 0 Å². The quantitative estimate of drug-likeness (QED) is 0.906. The molecule has 2 rings (SSSR count). The van der Waals surface area contributed by atoms with Crippen LogP contribution in [-0.2, 0) is 4.79 Å². The molecule has 0 bridgehead atoms. The van der Waals surface area contributed by atoms with Crippen LogP contribution in [0.4, 0.5) is 0 Å². The van der Waals surface area contributed by atoms with Gasteiger partial charge in [-0.15, -0.1) is 0 Å². The molecule has 1 aliphatic heterocycles. The Bertz CT molecular complexity index is 487. The number of likely N-dealkylation sites (tertiary alicyclic amines) is 1. The molecule has 1 aromatic rings. The second-order valence-electron chi connectivity index (χ2n) is 5.76. The van der Waals surface area contributed by atoms with Gasteiger partial charge >= 0.3 is 0 Å². The van der Waals surface area contributed by atoms with Crippen molar-refractivity contribution in [2.45, 2.75) is 45.6 Å². The van der Waals surface area contributed by atoms with Crippen LogP contribution in [0.15, 0.2) is 18.2 Å². The van der Waals surface area contributed by atoms with E-state index in [1.54, 1.807) is 0 Å².